The number of carbonyl (C=O) groups excluding carboxylic acids is 1. The molecule has 0 saturated carbocycles. The average molecular weight is 1560 g/mol. The second-order valence-electron chi connectivity index (χ2n) is 20.3. The molecule has 0 radical (unpaired) electrons. The van der Waals surface area contributed by atoms with Gasteiger partial charge >= 0.3 is 54.8 Å². The second kappa shape index (κ2) is 47.0. The van der Waals surface area contributed by atoms with Crippen LogP contribution >= 0.6 is 54.8 Å². The Labute approximate surface area is 563 Å². The number of nitrogens with zero attached hydrogens (tertiary/aromatic N) is 7. The number of nitrogens with two attached hydrogens (primary N) is 1. The van der Waals surface area contributed by atoms with Crippen LogP contribution in [0.15, 0.2) is 18.9 Å². The number of hydrogen-bond acceptors (Lipinski definition) is 34. The Hall–Kier alpha value is -2.51. The molecule has 1 aliphatic heterocycles. The first-order valence-electron chi connectivity index (χ1n) is 30.6. The molecule has 568 valence electrons. The van der Waals surface area contributed by atoms with E-state index in [1.165, 1.54) is 10.9 Å². The van der Waals surface area contributed by atoms with E-state index in [0.717, 1.165) is 25.0 Å². The van der Waals surface area contributed by atoms with Crippen molar-refractivity contribution in [1.29, 1.82) is 0 Å². The lowest BCUT2D eigenvalue weighted by Gasteiger charge is -2.21. The number of nitrogens with one attached hydrogen (secondary N) is 1. The van der Waals surface area contributed by atoms with E-state index in [4.69, 9.17) is 62.1 Å². The number of carbonyl (C=O) groups is 1. The van der Waals surface area contributed by atoms with E-state index in [1.54, 1.807) is 10.9 Å². The Morgan fingerprint density at radius 1 is 0.541 bits per heavy atom. The molecule has 0 spiro atoms. The zero-order valence-electron chi connectivity index (χ0n) is 53.7. The molecule has 11 N–H and O–H groups in total. The van der Waals surface area contributed by atoms with E-state index in [0.29, 0.717) is 144 Å². The summed E-state index contributed by atoms with van der Waals surface area (Å²) in [6, 6.07) is 0. The summed E-state index contributed by atoms with van der Waals surface area (Å²) < 4.78 is 182. The van der Waals surface area contributed by atoms with Crippen molar-refractivity contribution in [3.63, 3.8) is 0 Å². The molecular formula is C47H90N9O35P7. The van der Waals surface area contributed by atoms with Crippen molar-refractivity contribution in [2.45, 2.75) is 103 Å². The van der Waals surface area contributed by atoms with Gasteiger partial charge in [0.15, 0.2) is 11.5 Å². The van der Waals surface area contributed by atoms with Gasteiger partial charge in [0.25, 0.3) is 0 Å². The number of aliphatic hydroxyl groups is 1. The van der Waals surface area contributed by atoms with Gasteiger partial charge in [0.2, 0.25) is 5.91 Å². The van der Waals surface area contributed by atoms with Gasteiger partial charge in [-0.2, -0.15) is 21.6 Å². The fourth-order valence-electron chi connectivity index (χ4n) is 7.86. The minimum Gasteiger partial charge on any atom is -0.390 e. The molecule has 4 heterocycles. The van der Waals surface area contributed by atoms with Crippen LogP contribution in [0.5, 0.6) is 0 Å². The first-order chi connectivity index (χ1) is 46.5. The van der Waals surface area contributed by atoms with Crippen molar-refractivity contribution in [3.05, 3.63) is 24.5 Å². The predicted octanol–water partition coefficient (Wildman–Crippen LogP) is 3.54. The van der Waals surface area contributed by atoms with Gasteiger partial charge in [-0.3, -0.25) is 27.5 Å². The number of amides is 1. The Morgan fingerprint density at radius 2 is 1.00 bits per heavy atom. The van der Waals surface area contributed by atoms with E-state index in [-0.39, 0.29) is 81.7 Å². The topological polar surface area (TPSA) is 586 Å². The highest BCUT2D eigenvalue weighted by Crippen LogP contribution is 2.75. The summed E-state index contributed by atoms with van der Waals surface area (Å²) in [7, 11) is -41.1. The van der Waals surface area contributed by atoms with Gasteiger partial charge in [0.1, 0.15) is 24.2 Å². The Kier molecular flexibility index (Phi) is 42.2. The first kappa shape index (κ1) is 87.9. The zero-order valence-corrected chi connectivity index (χ0v) is 59.9. The summed E-state index contributed by atoms with van der Waals surface area (Å²) in [6.45, 7) is 8.29. The van der Waals surface area contributed by atoms with E-state index < -0.39 is 86.4 Å². The van der Waals surface area contributed by atoms with E-state index >= 15 is 0 Å². The lowest BCUT2D eigenvalue weighted by atomic mass is 10.2. The van der Waals surface area contributed by atoms with Crippen molar-refractivity contribution >= 4 is 77.6 Å². The van der Waals surface area contributed by atoms with Gasteiger partial charge in [-0.25, -0.2) is 51.6 Å². The van der Waals surface area contributed by atoms with Crippen molar-refractivity contribution < 1.29 is 163 Å². The molecule has 44 nitrogen and oxygen atoms in total. The largest absolute Gasteiger partial charge is 0.490 e. The minimum atomic E-state index is -6.50. The molecule has 1 aliphatic rings. The van der Waals surface area contributed by atoms with Gasteiger partial charge in [-0.15, -0.1) is 5.10 Å². The number of imidazole rings is 1. The van der Waals surface area contributed by atoms with Crippen LogP contribution in [0.25, 0.3) is 11.2 Å². The number of aryl methyl sites for hydroxylation is 1. The number of nitrogen functional groups attached to an aromatic ring is 1. The summed E-state index contributed by atoms with van der Waals surface area (Å²) in [5.41, 5.74) is 6.90. The number of aromatic nitrogens is 7. The van der Waals surface area contributed by atoms with Gasteiger partial charge in [-0.05, 0) is 44.9 Å². The Balaban J connectivity index is 0.891. The van der Waals surface area contributed by atoms with Crippen LogP contribution in [0.1, 0.15) is 83.1 Å². The maximum atomic E-state index is 12.4. The van der Waals surface area contributed by atoms with Gasteiger partial charge in [0.05, 0.1) is 157 Å². The third-order valence-corrected chi connectivity index (χ3v) is 22.5. The molecule has 3 aromatic rings. The van der Waals surface area contributed by atoms with Gasteiger partial charge in [0, 0.05) is 38.8 Å². The van der Waals surface area contributed by atoms with Crippen LogP contribution in [0.2, 0.25) is 0 Å². The Morgan fingerprint density at radius 3 is 1.55 bits per heavy atom. The highest BCUT2D eigenvalue weighted by Gasteiger charge is 2.50. The highest BCUT2D eigenvalue weighted by molar-refractivity contribution is 7.72. The van der Waals surface area contributed by atoms with Crippen molar-refractivity contribution in [2.24, 2.45) is 0 Å². The maximum absolute atomic E-state index is 12.4. The number of aliphatic hydroxyl groups excluding tert-OH is 1. The maximum Gasteiger partial charge on any atom is 0.490 e. The van der Waals surface area contributed by atoms with Crippen LogP contribution in [0.4, 0.5) is 5.82 Å². The van der Waals surface area contributed by atoms with E-state index in [1.807, 2.05) is 0 Å². The molecule has 0 bridgehead atoms. The molecule has 0 aliphatic carbocycles. The fourth-order valence-corrected chi connectivity index (χ4v) is 16.5. The summed E-state index contributed by atoms with van der Waals surface area (Å²) in [5.74, 6) is -0.259. The van der Waals surface area contributed by atoms with Crippen LogP contribution in [0.3, 0.4) is 0 Å². The molecule has 51 heteroatoms. The van der Waals surface area contributed by atoms with Crippen LogP contribution in [0, 0.1) is 0 Å². The zero-order chi connectivity index (χ0) is 71.8. The fraction of sp³-hybridized carbons (Fsp3) is 0.830. The summed E-state index contributed by atoms with van der Waals surface area (Å²) in [4.78, 5) is 93.0. The number of hydrogen-bond donors (Lipinski definition) is 10. The number of anilines is 1. The summed E-state index contributed by atoms with van der Waals surface area (Å²) >= 11 is 0. The summed E-state index contributed by atoms with van der Waals surface area (Å²) in [6.07, 6.45) is 4.72. The molecule has 0 aromatic carbocycles. The first-order valence-corrected chi connectivity index (χ1v) is 41.0. The van der Waals surface area contributed by atoms with Crippen LogP contribution < -0.4 is 11.1 Å². The second-order valence-corrected chi connectivity index (χ2v) is 31.2. The van der Waals surface area contributed by atoms with Crippen LogP contribution in [-0.2, 0) is 137 Å². The van der Waals surface area contributed by atoms with Crippen molar-refractivity contribution in [3.8, 4) is 0 Å². The molecule has 1 saturated heterocycles. The molecule has 1 fully saturated rings. The highest BCUT2D eigenvalue weighted by atomic mass is 31.3. The number of unbranched alkanes of at least 4 members (excludes halogenated alkanes) is 4. The quantitative estimate of drug-likeness (QED) is 0.0285. The number of rotatable bonds is 62. The molecule has 10 atom stereocenters. The standard InChI is InChI=1S/C47H90N9O35P7/c1-2-14-73-21-25-77-29-33-81-34-30-78-26-22-74-15-9-18-83-92(59,60)82-17-8-5-10-40-36-55(54-53-40)13-20-76-24-28-80-32-31-79-27-23-75-19-11-43(58)49-12-6-3-4-7-16-84-93(61,62)87-95(65,66)89-97(69,70)91-98(71,72)90-96(67,68)88-94(63,64)85-37-42-41(57)35-44(86-42)56-39-52-45-46(48)50-38-51-47(45)56/h36,38-39,41-42,44,57H,2-35,37H2,1H3,(H,49,58)(H,59,60)(H,61,62)(H,63,64)(H,65,66)(H,67,68)(H,69,70)(H,71,72)(H2,48,50,51)/t41?,42-,44-/m1/s1. The normalized spacial score (nSPS) is 19.5. The van der Waals surface area contributed by atoms with Crippen molar-refractivity contribution in [1.82, 2.24) is 39.8 Å². The monoisotopic (exact) mass is 1560 g/mol. The smallest absolute Gasteiger partial charge is 0.390 e. The van der Waals surface area contributed by atoms with Crippen molar-refractivity contribution in [2.75, 3.05) is 158 Å². The predicted molar refractivity (Wildman–Crippen MR) is 334 cm³/mol. The lowest BCUT2D eigenvalue weighted by Crippen LogP contribution is -2.26. The number of phosphoric acid groups is 7. The molecule has 3 aromatic heterocycles. The molecule has 1 amide bonds. The third-order valence-electron chi connectivity index (χ3n) is 12.2. The minimum absolute atomic E-state index is 0.00169. The number of phosphoric ester groups is 3. The van der Waals surface area contributed by atoms with Gasteiger partial charge in [-0.1, -0.05) is 25.0 Å². The van der Waals surface area contributed by atoms with E-state index in [2.05, 4.69) is 68.1 Å². The lowest BCUT2D eigenvalue weighted by molar-refractivity contribution is -0.122. The SMILES string of the molecule is CCCOCCOCCOCCOCCOCCCOP(=O)(O)OCCCCc1cn(CCOCCOCCOCCOCCC(=O)NCCCCCCOP(=O)(O)OP(=O)(O)OP(=O)(O)OP(=O)(O)OP(=O)(O)OP(=O)(O)OC[C@H]2O[C@@H](n3cnc4c(N)ncnc43)CC2O)nn1. The third kappa shape index (κ3) is 40.5. The number of fused-ring (bicyclic) bond motifs is 1. The molecule has 98 heavy (non-hydrogen) atoms. The van der Waals surface area contributed by atoms with Gasteiger partial charge < -0.3 is 97.8 Å². The number of ether oxygens (including phenoxy) is 10. The molecular weight excluding hydrogens is 1470 g/mol. The summed E-state index contributed by atoms with van der Waals surface area (Å²) in [5, 5.41) is 21.4. The molecule has 4 rings (SSSR count). The van der Waals surface area contributed by atoms with Crippen LogP contribution in [-0.4, -0.2) is 244 Å². The molecule has 8 unspecified atom stereocenters. The van der Waals surface area contributed by atoms with E-state index in [9.17, 15) is 76.1 Å². The Bertz CT molecular complexity index is 3090. The average Bonchev–Trinajstić information content (AvgIpc) is 1.65.